The average Bonchev–Trinajstić information content (AvgIpc) is 2.09. The van der Waals surface area contributed by atoms with Crippen molar-refractivity contribution in [3.63, 3.8) is 0 Å². The Bertz CT molecular complexity index is 320. The smallest absolute Gasteiger partial charge is 0.265 e. The van der Waals surface area contributed by atoms with Gasteiger partial charge in [0.2, 0.25) is 0 Å². The molecule has 0 unspecified atom stereocenters. The minimum absolute atomic E-state index is 0.0281. The number of rotatable bonds is 2. The molecule has 0 atom stereocenters. The summed E-state index contributed by atoms with van der Waals surface area (Å²) in [6, 6.07) is 0. The quantitative estimate of drug-likeness (QED) is 0.840. The minimum Gasteiger partial charge on any atom is -0.326 e. The zero-order valence-electron chi connectivity index (χ0n) is 6.40. The van der Waals surface area contributed by atoms with Gasteiger partial charge in [0.05, 0.1) is 5.02 Å². The number of nitrogens with zero attached hydrogens (tertiary/aromatic N) is 1. The van der Waals surface area contributed by atoms with Crippen LogP contribution in [0.3, 0.4) is 0 Å². The van der Waals surface area contributed by atoms with Crippen LogP contribution >= 0.6 is 27.5 Å². The topological polar surface area (TPSA) is 38.9 Å². The van der Waals surface area contributed by atoms with Gasteiger partial charge < -0.3 is 5.73 Å². The van der Waals surface area contributed by atoms with Gasteiger partial charge in [0.15, 0.2) is 0 Å². The number of nitrogens with two attached hydrogens (primary N) is 1. The second-order valence-electron chi connectivity index (χ2n) is 2.30. The maximum absolute atomic E-state index is 12.4. The molecule has 0 bridgehead atoms. The lowest BCUT2D eigenvalue weighted by Gasteiger charge is -2.08. The fraction of sp³-hybridized carbons (Fsp3) is 0.286. The molecule has 2 N–H and O–H groups in total. The van der Waals surface area contributed by atoms with Crippen LogP contribution in [0.2, 0.25) is 5.02 Å². The first kappa shape index (κ1) is 10.8. The second kappa shape index (κ2) is 4.30. The highest BCUT2D eigenvalue weighted by molar-refractivity contribution is 9.10. The van der Waals surface area contributed by atoms with E-state index in [0.29, 0.717) is 4.60 Å². The summed E-state index contributed by atoms with van der Waals surface area (Å²) in [4.78, 5) is 3.66. The van der Waals surface area contributed by atoms with Gasteiger partial charge in [0.1, 0.15) is 4.60 Å². The largest absolute Gasteiger partial charge is 0.326 e. The molecule has 1 aromatic rings. The van der Waals surface area contributed by atoms with E-state index < -0.39 is 6.43 Å². The summed E-state index contributed by atoms with van der Waals surface area (Å²) in [7, 11) is 0. The molecule has 0 aromatic carbocycles. The summed E-state index contributed by atoms with van der Waals surface area (Å²) in [6.45, 7) is -0.0281. The fourth-order valence-electron chi connectivity index (χ4n) is 0.908. The summed E-state index contributed by atoms with van der Waals surface area (Å²) >= 11 is 8.75. The van der Waals surface area contributed by atoms with Crippen LogP contribution in [-0.4, -0.2) is 4.98 Å². The predicted octanol–water partition coefficient (Wildman–Crippen LogP) is 2.89. The third-order valence-corrected chi connectivity index (χ3v) is 2.79. The first-order valence-corrected chi connectivity index (χ1v) is 4.56. The maximum Gasteiger partial charge on any atom is 0.265 e. The van der Waals surface area contributed by atoms with E-state index in [1.165, 1.54) is 0 Å². The van der Waals surface area contributed by atoms with Crippen LogP contribution < -0.4 is 5.73 Å². The Morgan fingerprint density at radius 1 is 1.62 bits per heavy atom. The van der Waals surface area contributed by atoms with E-state index in [1.54, 1.807) is 0 Å². The number of aromatic nitrogens is 1. The second-order valence-corrected chi connectivity index (χ2v) is 3.43. The van der Waals surface area contributed by atoms with Gasteiger partial charge in [-0.25, -0.2) is 13.8 Å². The van der Waals surface area contributed by atoms with Crippen LogP contribution in [0.4, 0.5) is 8.78 Å². The fourth-order valence-corrected chi connectivity index (χ4v) is 1.48. The normalized spacial score (nSPS) is 10.9. The Morgan fingerprint density at radius 3 is 2.69 bits per heavy atom. The standard InChI is InChI=1S/C7H6BrClF2N2/c8-6-5(9)3(1-12)4(2-13-6)7(10)11/h2,7H,1,12H2. The summed E-state index contributed by atoms with van der Waals surface area (Å²) in [6.07, 6.45) is -1.53. The summed E-state index contributed by atoms with van der Waals surface area (Å²) < 4.78 is 25.0. The molecule has 0 fully saturated rings. The van der Waals surface area contributed by atoms with E-state index in [1.807, 2.05) is 0 Å². The molecule has 0 aliphatic heterocycles. The maximum atomic E-state index is 12.4. The van der Waals surface area contributed by atoms with Crippen LogP contribution in [0.5, 0.6) is 0 Å². The van der Waals surface area contributed by atoms with Gasteiger partial charge in [-0.2, -0.15) is 0 Å². The molecule has 0 saturated carbocycles. The molecule has 0 aliphatic carbocycles. The Balaban J connectivity index is 3.30. The molecule has 0 aliphatic rings. The van der Waals surface area contributed by atoms with Crippen molar-refractivity contribution >= 4 is 27.5 Å². The Morgan fingerprint density at radius 2 is 2.23 bits per heavy atom. The minimum atomic E-state index is -2.60. The van der Waals surface area contributed by atoms with Crippen molar-refractivity contribution in [3.8, 4) is 0 Å². The number of hydrogen-bond donors (Lipinski definition) is 1. The van der Waals surface area contributed by atoms with Crippen molar-refractivity contribution in [1.29, 1.82) is 0 Å². The van der Waals surface area contributed by atoms with E-state index in [4.69, 9.17) is 17.3 Å². The molecule has 0 amide bonds. The van der Waals surface area contributed by atoms with Crippen molar-refractivity contribution in [3.05, 3.63) is 26.9 Å². The summed E-state index contributed by atoms with van der Waals surface area (Å²) in [5.74, 6) is 0. The Labute approximate surface area is 87.2 Å². The van der Waals surface area contributed by atoms with Crippen molar-refractivity contribution in [2.24, 2.45) is 5.73 Å². The van der Waals surface area contributed by atoms with Crippen molar-refractivity contribution in [1.82, 2.24) is 4.98 Å². The van der Waals surface area contributed by atoms with E-state index in [0.717, 1.165) is 6.20 Å². The molecule has 0 saturated heterocycles. The number of alkyl halides is 2. The monoisotopic (exact) mass is 270 g/mol. The Hall–Kier alpha value is -0.260. The molecule has 1 rings (SSSR count). The van der Waals surface area contributed by atoms with E-state index in [-0.39, 0.29) is 22.7 Å². The molecule has 0 spiro atoms. The zero-order valence-corrected chi connectivity index (χ0v) is 8.74. The van der Waals surface area contributed by atoms with E-state index in [2.05, 4.69) is 20.9 Å². The third-order valence-electron chi connectivity index (χ3n) is 1.55. The molecule has 2 nitrogen and oxygen atoms in total. The first-order valence-electron chi connectivity index (χ1n) is 3.39. The number of hydrogen-bond acceptors (Lipinski definition) is 2. The van der Waals surface area contributed by atoms with Gasteiger partial charge in [-0.05, 0) is 21.5 Å². The van der Waals surface area contributed by atoms with Crippen LogP contribution in [0.15, 0.2) is 10.8 Å². The van der Waals surface area contributed by atoms with Crippen LogP contribution in [-0.2, 0) is 6.54 Å². The summed E-state index contributed by atoms with van der Waals surface area (Å²) in [5.41, 5.74) is 5.31. The molecule has 1 aromatic heterocycles. The molecular weight excluding hydrogens is 265 g/mol. The van der Waals surface area contributed by atoms with Crippen molar-refractivity contribution < 1.29 is 8.78 Å². The molecule has 1 heterocycles. The van der Waals surface area contributed by atoms with Gasteiger partial charge in [-0.1, -0.05) is 11.6 Å². The van der Waals surface area contributed by atoms with E-state index >= 15 is 0 Å². The molecule has 6 heteroatoms. The van der Waals surface area contributed by atoms with Crippen molar-refractivity contribution in [2.45, 2.75) is 13.0 Å². The molecule has 72 valence electrons. The van der Waals surface area contributed by atoms with Gasteiger partial charge in [0, 0.05) is 18.3 Å². The summed E-state index contributed by atoms with van der Waals surface area (Å²) in [5, 5.41) is 0.153. The average molecular weight is 271 g/mol. The van der Waals surface area contributed by atoms with Crippen LogP contribution in [0, 0.1) is 0 Å². The number of halogens is 4. The highest BCUT2D eigenvalue weighted by Gasteiger charge is 2.17. The third kappa shape index (κ3) is 2.15. The highest BCUT2D eigenvalue weighted by Crippen LogP contribution is 2.31. The molecular formula is C7H6BrClF2N2. The number of pyridine rings is 1. The van der Waals surface area contributed by atoms with Gasteiger partial charge >= 0.3 is 0 Å². The van der Waals surface area contributed by atoms with Gasteiger partial charge in [0.25, 0.3) is 6.43 Å². The van der Waals surface area contributed by atoms with Crippen molar-refractivity contribution in [2.75, 3.05) is 0 Å². The predicted molar refractivity (Wildman–Crippen MR) is 49.8 cm³/mol. The molecule has 13 heavy (non-hydrogen) atoms. The van der Waals surface area contributed by atoms with Gasteiger partial charge in [-0.15, -0.1) is 0 Å². The lowest BCUT2D eigenvalue weighted by Crippen LogP contribution is -2.04. The van der Waals surface area contributed by atoms with Crippen LogP contribution in [0.25, 0.3) is 0 Å². The first-order chi connectivity index (χ1) is 6.07. The van der Waals surface area contributed by atoms with Gasteiger partial charge in [-0.3, -0.25) is 0 Å². The highest BCUT2D eigenvalue weighted by atomic mass is 79.9. The lowest BCUT2D eigenvalue weighted by atomic mass is 10.1. The Kier molecular flexibility index (Phi) is 3.58. The lowest BCUT2D eigenvalue weighted by molar-refractivity contribution is 0.150. The van der Waals surface area contributed by atoms with E-state index in [9.17, 15) is 8.78 Å². The van der Waals surface area contributed by atoms with Crippen LogP contribution in [0.1, 0.15) is 17.6 Å². The zero-order chi connectivity index (χ0) is 10.0. The molecule has 0 radical (unpaired) electrons. The SMILES string of the molecule is NCc1c(C(F)F)cnc(Br)c1Cl.